The molecule has 1 N–H and O–H groups in total. The summed E-state index contributed by atoms with van der Waals surface area (Å²) in [5, 5.41) is 8.80. The van der Waals surface area contributed by atoms with Crippen LogP contribution in [0.3, 0.4) is 0 Å². The van der Waals surface area contributed by atoms with Crippen molar-refractivity contribution in [2.24, 2.45) is 0 Å². The largest absolute Gasteiger partial charge is 0.494 e. The van der Waals surface area contributed by atoms with E-state index in [1.807, 2.05) is 6.07 Å². The lowest BCUT2D eigenvalue weighted by atomic mass is 9.74. The first-order valence-corrected chi connectivity index (χ1v) is 10.5. The van der Waals surface area contributed by atoms with Gasteiger partial charge in [0.15, 0.2) is 0 Å². The molecule has 5 heteroatoms. The Morgan fingerprint density at radius 1 is 1.22 bits per heavy atom. The van der Waals surface area contributed by atoms with Crippen molar-refractivity contribution in [3.05, 3.63) is 23.8 Å². The van der Waals surface area contributed by atoms with E-state index in [-0.39, 0.29) is 11.8 Å². The quantitative estimate of drug-likeness (QED) is 0.620. The van der Waals surface area contributed by atoms with Crippen molar-refractivity contribution in [1.29, 1.82) is 0 Å². The zero-order chi connectivity index (χ0) is 19.1. The standard InChI is InChI=1S/C22H33NO4/c1-2-3-4-5-15-26-18-8-9-20-19(16-18)22(17-27-20)10-13-23(14-11-22)12-6-7-21(24)25/h8-9,16H,2-7,10-15,17H2,1H3,(H,24,25). The number of likely N-dealkylation sites (tertiary alicyclic amines) is 1. The Hall–Kier alpha value is -1.75. The van der Waals surface area contributed by atoms with Gasteiger partial charge in [0.2, 0.25) is 0 Å². The van der Waals surface area contributed by atoms with Crippen LogP contribution in [0.25, 0.3) is 0 Å². The van der Waals surface area contributed by atoms with Gasteiger partial charge < -0.3 is 19.5 Å². The summed E-state index contributed by atoms with van der Waals surface area (Å²) in [7, 11) is 0. The number of fused-ring (bicyclic) bond motifs is 2. The first kappa shape index (κ1) is 20.0. The Labute approximate surface area is 162 Å². The molecule has 1 aromatic rings. The molecule has 0 radical (unpaired) electrons. The smallest absolute Gasteiger partial charge is 0.303 e. The van der Waals surface area contributed by atoms with Crippen LogP contribution < -0.4 is 9.47 Å². The normalized spacial score (nSPS) is 18.3. The molecule has 0 amide bonds. The summed E-state index contributed by atoms with van der Waals surface area (Å²) in [6, 6.07) is 6.28. The second-order valence-corrected chi connectivity index (χ2v) is 7.98. The number of piperidine rings is 1. The van der Waals surface area contributed by atoms with E-state index in [9.17, 15) is 4.79 Å². The molecule has 3 rings (SSSR count). The Kier molecular flexibility index (Phi) is 7.00. The van der Waals surface area contributed by atoms with Gasteiger partial charge >= 0.3 is 5.97 Å². The van der Waals surface area contributed by atoms with Gasteiger partial charge in [0, 0.05) is 17.4 Å². The lowest BCUT2D eigenvalue weighted by molar-refractivity contribution is -0.137. The number of hydrogen-bond acceptors (Lipinski definition) is 4. The molecule has 0 aromatic heterocycles. The lowest BCUT2D eigenvalue weighted by Gasteiger charge is -2.38. The van der Waals surface area contributed by atoms with E-state index in [0.717, 1.165) is 70.0 Å². The number of carbonyl (C=O) groups is 1. The van der Waals surface area contributed by atoms with Crippen molar-refractivity contribution in [3.63, 3.8) is 0 Å². The summed E-state index contributed by atoms with van der Waals surface area (Å²) in [5.74, 6) is 1.26. The molecule has 1 fully saturated rings. The topological polar surface area (TPSA) is 59.0 Å². The molecule has 1 spiro atoms. The van der Waals surface area contributed by atoms with Crippen molar-refractivity contribution in [2.45, 2.75) is 63.7 Å². The molecule has 1 saturated heterocycles. The third kappa shape index (κ3) is 5.16. The van der Waals surface area contributed by atoms with E-state index in [0.29, 0.717) is 0 Å². The van der Waals surface area contributed by atoms with Crippen molar-refractivity contribution in [2.75, 3.05) is 32.8 Å². The molecule has 1 aromatic carbocycles. The molecule has 2 aliphatic rings. The van der Waals surface area contributed by atoms with Crippen LogP contribution in [0.5, 0.6) is 11.5 Å². The van der Waals surface area contributed by atoms with E-state index >= 15 is 0 Å². The molecule has 5 nitrogen and oxygen atoms in total. The maximum atomic E-state index is 10.7. The zero-order valence-electron chi connectivity index (χ0n) is 16.5. The highest BCUT2D eigenvalue weighted by Gasteiger charge is 2.43. The number of ether oxygens (including phenoxy) is 2. The van der Waals surface area contributed by atoms with Crippen molar-refractivity contribution < 1.29 is 19.4 Å². The van der Waals surface area contributed by atoms with E-state index in [1.54, 1.807) is 0 Å². The first-order valence-electron chi connectivity index (χ1n) is 10.5. The zero-order valence-corrected chi connectivity index (χ0v) is 16.5. The van der Waals surface area contributed by atoms with Gasteiger partial charge in [0.1, 0.15) is 11.5 Å². The minimum absolute atomic E-state index is 0.0974. The van der Waals surface area contributed by atoms with Gasteiger partial charge in [-0.2, -0.15) is 0 Å². The number of nitrogens with zero attached hydrogens (tertiary/aromatic N) is 1. The minimum atomic E-state index is -0.705. The van der Waals surface area contributed by atoms with Crippen molar-refractivity contribution in [1.82, 2.24) is 4.90 Å². The number of carboxylic acid groups (broad SMARTS) is 1. The Balaban J connectivity index is 1.54. The second-order valence-electron chi connectivity index (χ2n) is 7.98. The number of rotatable bonds is 10. The van der Waals surface area contributed by atoms with Crippen LogP contribution in [0.1, 0.15) is 63.9 Å². The predicted octanol–water partition coefficient (Wildman–Crippen LogP) is 4.24. The van der Waals surface area contributed by atoms with Gasteiger partial charge in [0.05, 0.1) is 13.2 Å². The van der Waals surface area contributed by atoms with Gasteiger partial charge in [-0.1, -0.05) is 26.2 Å². The monoisotopic (exact) mass is 375 g/mol. The molecule has 150 valence electrons. The SMILES string of the molecule is CCCCCCOc1ccc2c(c1)C1(CCN(CCCC(=O)O)CC1)CO2. The van der Waals surface area contributed by atoms with Crippen LogP contribution in [-0.2, 0) is 10.2 Å². The maximum absolute atomic E-state index is 10.7. The molecule has 2 aliphatic heterocycles. The second kappa shape index (κ2) is 9.45. The number of carboxylic acids is 1. The van der Waals surface area contributed by atoms with Crippen LogP contribution in [0.4, 0.5) is 0 Å². The molecule has 27 heavy (non-hydrogen) atoms. The number of aliphatic carboxylic acids is 1. The highest BCUT2D eigenvalue weighted by atomic mass is 16.5. The van der Waals surface area contributed by atoms with Gasteiger partial charge in [-0.15, -0.1) is 0 Å². The summed E-state index contributed by atoms with van der Waals surface area (Å²) >= 11 is 0. The van der Waals surface area contributed by atoms with E-state index in [2.05, 4.69) is 24.0 Å². The van der Waals surface area contributed by atoms with Gasteiger partial charge in [-0.25, -0.2) is 0 Å². The minimum Gasteiger partial charge on any atom is -0.494 e. The van der Waals surface area contributed by atoms with Crippen LogP contribution in [0, 0.1) is 0 Å². The molecule has 0 bridgehead atoms. The Morgan fingerprint density at radius 3 is 2.78 bits per heavy atom. The summed E-state index contributed by atoms with van der Waals surface area (Å²) in [6.07, 6.45) is 7.96. The number of unbranched alkanes of at least 4 members (excludes halogenated alkanes) is 3. The number of benzene rings is 1. The van der Waals surface area contributed by atoms with Gasteiger partial charge in [0.25, 0.3) is 0 Å². The first-order chi connectivity index (χ1) is 13.1. The third-order valence-corrected chi connectivity index (χ3v) is 5.97. The summed E-state index contributed by atoms with van der Waals surface area (Å²) in [4.78, 5) is 13.1. The molecular weight excluding hydrogens is 342 g/mol. The maximum Gasteiger partial charge on any atom is 0.303 e. The lowest BCUT2D eigenvalue weighted by Crippen LogP contribution is -2.43. The number of hydrogen-bond donors (Lipinski definition) is 1. The molecular formula is C22H33NO4. The molecule has 0 unspecified atom stereocenters. The van der Waals surface area contributed by atoms with Crippen LogP contribution >= 0.6 is 0 Å². The van der Waals surface area contributed by atoms with Crippen molar-refractivity contribution >= 4 is 5.97 Å². The average Bonchev–Trinajstić information content (AvgIpc) is 3.01. The fourth-order valence-electron chi connectivity index (χ4n) is 4.22. The van der Waals surface area contributed by atoms with Crippen LogP contribution in [0.15, 0.2) is 18.2 Å². The van der Waals surface area contributed by atoms with Gasteiger partial charge in [-0.05, 0) is 63.5 Å². The summed E-state index contributed by atoms with van der Waals surface area (Å²) in [5.41, 5.74) is 1.40. The summed E-state index contributed by atoms with van der Waals surface area (Å²) < 4.78 is 12.0. The van der Waals surface area contributed by atoms with Crippen molar-refractivity contribution in [3.8, 4) is 11.5 Å². The molecule has 0 aliphatic carbocycles. The Morgan fingerprint density at radius 2 is 2.04 bits per heavy atom. The van der Waals surface area contributed by atoms with Gasteiger partial charge in [-0.3, -0.25) is 4.79 Å². The molecule has 0 atom stereocenters. The highest BCUT2D eigenvalue weighted by Crippen LogP contribution is 2.46. The van der Waals surface area contributed by atoms with Crippen LogP contribution in [-0.4, -0.2) is 48.8 Å². The van der Waals surface area contributed by atoms with E-state index in [4.69, 9.17) is 14.6 Å². The Bertz CT molecular complexity index is 623. The van der Waals surface area contributed by atoms with Crippen LogP contribution in [0.2, 0.25) is 0 Å². The molecule has 2 heterocycles. The predicted molar refractivity (Wildman–Crippen MR) is 106 cm³/mol. The fourth-order valence-corrected chi connectivity index (χ4v) is 4.22. The molecule has 0 saturated carbocycles. The van der Waals surface area contributed by atoms with E-state index in [1.165, 1.54) is 24.8 Å². The van der Waals surface area contributed by atoms with E-state index < -0.39 is 5.97 Å². The fraction of sp³-hybridized carbons (Fsp3) is 0.682. The summed E-state index contributed by atoms with van der Waals surface area (Å²) in [6.45, 7) is 6.64. The third-order valence-electron chi connectivity index (χ3n) is 5.97. The average molecular weight is 376 g/mol. The highest BCUT2D eigenvalue weighted by molar-refractivity contribution is 5.66.